The van der Waals surface area contributed by atoms with E-state index in [1.165, 1.54) is 40.0 Å². The Hall–Kier alpha value is -4.99. The van der Waals surface area contributed by atoms with Gasteiger partial charge in [-0.2, -0.15) is 0 Å². The Kier molecular flexibility index (Phi) is 15.5. The Labute approximate surface area is 357 Å². The van der Waals surface area contributed by atoms with Crippen LogP contribution in [0.2, 0.25) is 0 Å². The van der Waals surface area contributed by atoms with Gasteiger partial charge in [-0.15, -0.1) is 13.2 Å². The molecule has 0 radical (unpaired) electrons. The number of fused-ring (bicyclic) bond motifs is 5. The molecule has 2 bridgehead atoms. The molecule has 0 spiro atoms. The highest BCUT2D eigenvalue weighted by atomic mass is 16.6. The van der Waals surface area contributed by atoms with Crippen molar-refractivity contribution >= 4 is 29.6 Å². The normalized spacial score (nSPS) is 31.6. The Balaban J connectivity index is 0.00000129. The number of ether oxygens (including phenoxy) is 5. The van der Waals surface area contributed by atoms with Crippen LogP contribution in [0.25, 0.3) is 0 Å². The van der Waals surface area contributed by atoms with Gasteiger partial charge in [0.2, 0.25) is 5.91 Å². The smallest absolute Gasteiger partial charge is 0.338 e. The van der Waals surface area contributed by atoms with Crippen molar-refractivity contribution in [2.45, 2.75) is 122 Å². The predicted molar refractivity (Wildman–Crippen MR) is 225 cm³/mol. The molecule has 1 amide bonds. The second-order valence-corrected chi connectivity index (χ2v) is 16.7. The molecule has 14 heteroatoms. The maximum atomic E-state index is 15.2. The zero-order chi connectivity index (χ0) is 45.7. The number of hydrogen-bond acceptors (Lipinski definition) is 13. The monoisotopic (exact) mass is 847 g/mol. The van der Waals surface area contributed by atoms with E-state index < -0.39 is 107 Å². The number of ketones is 1. The van der Waals surface area contributed by atoms with E-state index in [1.54, 1.807) is 81.5 Å². The van der Waals surface area contributed by atoms with Gasteiger partial charge in [0, 0.05) is 39.2 Å². The number of benzene rings is 2. The topological polar surface area (TPSA) is 204 Å². The third-order valence-electron chi connectivity index (χ3n) is 12.5. The van der Waals surface area contributed by atoms with Crippen molar-refractivity contribution < 1.29 is 63.0 Å². The number of aliphatic hydroxyl groups is 3. The van der Waals surface area contributed by atoms with E-state index in [0.29, 0.717) is 11.1 Å². The van der Waals surface area contributed by atoms with Crippen LogP contribution in [0.4, 0.5) is 0 Å². The number of esters is 3. The first kappa shape index (κ1) is 48.7. The van der Waals surface area contributed by atoms with Gasteiger partial charge >= 0.3 is 17.9 Å². The quantitative estimate of drug-likeness (QED) is 0.151. The van der Waals surface area contributed by atoms with Gasteiger partial charge in [-0.3, -0.25) is 14.4 Å². The van der Waals surface area contributed by atoms with Crippen LogP contribution in [-0.4, -0.2) is 106 Å². The van der Waals surface area contributed by atoms with Crippen molar-refractivity contribution in [2.24, 2.45) is 16.7 Å². The van der Waals surface area contributed by atoms with Crippen molar-refractivity contribution in [1.29, 1.82) is 0 Å². The lowest BCUT2D eigenvalue weighted by atomic mass is 9.44. The molecule has 0 unspecified atom stereocenters. The fourth-order valence-electron chi connectivity index (χ4n) is 9.53. The summed E-state index contributed by atoms with van der Waals surface area (Å²) < 4.78 is 30.2. The van der Waals surface area contributed by atoms with E-state index in [0.717, 1.165) is 0 Å². The zero-order valence-electron chi connectivity index (χ0n) is 36.5. The number of nitrogens with one attached hydrogen (secondary N) is 1. The van der Waals surface area contributed by atoms with Crippen LogP contribution in [0, 0.1) is 16.7 Å². The summed E-state index contributed by atoms with van der Waals surface area (Å²) in [6.45, 7) is 19.1. The molecular weight excluding hydrogens is 787 g/mol. The lowest BCUT2D eigenvalue weighted by Gasteiger charge is -2.67. The molecule has 3 aliphatic carbocycles. The van der Waals surface area contributed by atoms with Gasteiger partial charge in [-0.25, -0.2) is 9.59 Å². The number of hydrogen-bond donors (Lipinski definition) is 4. The number of aliphatic hydroxyl groups excluding tert-OH is 2. The van der Waals surface area contributed by atoms with Gasteiger partial charge in [0.05, 0.1) is 35.6 Å². The summed E-state index contributed by atoms with van der Waals surface area (Å²) in [5, 5.41) is 39.4. The highest BCUT2D eigenvalue weighted by Gasteiger charge is 2.78. The zero-order valence-corrected chi connectivity index (χ0v) is 36.5. The molecular formula is C47H61NO13. The molecule has 1 heterocycles. The molecule has 6 rings (SSSR count). The Morgan fingerprint density at radius 3 is 2.00 bits per heavy atom. The Bertz CT molecular complexity index is 1980. The average Bonchev–Trinajstić information content (AvgIpc) is 3.21. The van der Waals surface area contributed by atoms with Crippen molar-refractivity contribution in [2.75, 3.05) is 13.7 Å². The van der Waals surface area contributed by atoms with Crippen molar-refractivity contribution in [3.63, 3.8) is 0 Å². The molecule has 2 aromatic rings. The van der Waals surface area contributed by atoms with Crippen LogP contribution < -0.4 is 5.32 Å². The lowest BCUT2D eigenvalue weighted by Crippen LogP contribution is -2.81. The maximum absolute atomic E-state index is 15.2. The van der Waals surface area contributed by atoms with E-state index in [-0.39, 0.29) is 24.2 Å². The van der Waals surface area contributed by atoms with Gasteiger partial charge < -0.3 is 44.3 Å². The minimum absolute atomic E-state index is 0.114. The molecule has 11 atom stereocenters. The molecule has 2 aromatic carbocycles. The van der Waals surface area contributed by atoms with Crippen LogP contribution >= 0.6 is 0 Å². The minimum atomic E-state index is -2.24. The number of allylic oxidation sites excluding steroid dienone is 2. The number of amides is 1. The Morgan fingerprint density at radius 2 is 1.51 bits per heavy atom. The SMILES string of the molecule is C=CC.C=CC.CO[C@H]1C(=O)[C@@]2(C)[C@H]([C@H](OC(=O)c3ccccc3)[C@]3(O)C[C@H](OC(=O)[C@H](O)[C@@H](NC(C)=O)c4ccccc4)C(C)=C1C3(C)C)[C@]1(OC(C)=O)CO[C@@H]1C[C@@H]2O. The molecule has 14 nitrogen and oxygen atoms in total. The van der Waals surface area contributed by atoms with Crippen LogP contribution in [0.5, 0.6) is 0 Å². The summed E-state index contributed by atoms with van der Waals surface area (Å²) in [5.74, 6) is -5.32. The highest BCUT2D eigenvalue weighted by Crippen LogP contribution is 2.64. The van der Waals surface area contributed by atoms with E-state index in [4.69, 9.17) is 23.7 Å². The molecule has 1 saturated heterocycles. The maximum Gasteiger partial charge on any atom is 0.338 e. The second kappa shape index (κ2) is 19.4. The average molecular weight is 848 g/mol. The molecule has 3 fully saturated rings. The second-order valence-electron chi connectivity index (χ2n) is 16.7. The first-order chi connectivity index (χ1) is 28.7. The number of Topliss-reactive ketones (excluding diaryl/α,β-unsaturated/α-hetero) is 1. The van der Waals surface area contributed by atoms with E-state index in [1.807, 2.05) is 13.8 Å². The van der Waals surface area contributed by atoms with Crippen LogP contribution in [0.1, 0.15) is 90.2 Å². The first-order valence-corrected chi connectivity index (χ1v) is 20.3. The molecule has 61 heavy (non-hydrogen) atoms. The highest BCUT2D eigenvalue weighted by molar-refractivity contribution is 5.94. The van der Waals surface area contributed by atoms with E-state index in [2.05, 4.69) is 18.5 Å². The summed E-state index contributed by atoms with van der Waals surface area (Å²) in [4.78, 5) is 68.3. The molecule has 4 aliphatic rings. The van der Waals surface area contributed by atoms with Crippen LogP contribution in [0.15, 0.2) is 97.1 Å². The number of methoxy groups -OCH3 is 1. The number of carbonyl (C=O) groups excluding carboxylic acids is 5. The third kappa shape index (κ3) is 8.87. The number of rotatable bonds is 9. The summed E-state index contributed by atoms with van der Waals surface area (Å²) in [5.41, 5.74) is -6.17. The lowest BCUT2D eigenvalue weighted by molar-refractivity contribution is -0.346. The van der Waals surface area contributed by atoms with Crippen molar-refractivity contribution in [1.82, 2.24) is 5.32 Å². The fraction of sp³-hybridized carbons (Fsp3) is 0.511. The molecule has 2 saturated carbocycles. The Morgan fingerprint density at radius 1 is 0.951 bits per heavy atom. The van der Waals surface area contributed by atoms with Gasteiger partial charge in [0.1, 0.15) is 30.0 Å². The van der Waals surface area contributed by atoms with Gasteiger partial charge in [-0.1, -0.05) is 74.5 Å². The van der Waals surface area contributed by atoms with Crippen LogP contribution in [-0.2, 0) is 42.9 Å². The summed E-state index contributed by atoms with van der Waals surface area (Å²) in [7, 11) is 1.30. The molecule has 0 aromatic heterocycles. The largest absolute Gasteiger partial charge is 0.456 e. The summed E-state index contributed by atoms with van der Waals surface area (Å²) in [6.07, 6.45) is -5.84. The van der Waals surface area contributed by atoms with Gasteiger partial charge in [0.25, 0.3) is 0 Å². The standard InChI is InChI=1S/C41H49NO13.2C3H6/c1-21-26(53-37(49)31(46)30(42-22(2)43)24-14-10-8-11-15-24)19-41(50)35(54-36(48)25-16-12-9-13-17-25)33-39(6,34(47)32(51-7)29(21)38(41,4)5)27(45)18-28-40(33,20-52-28)55-23(3)44;2*1-3-2/h8-17,26-28,30-33,35,45-46,50H,18-20H2,1-7H3,(H,42,43);2*3H,1H2,2H3/t26-,27-,28+,30-,31+,32+,33-,35-,39+,40-,41+;;/m0../s1. The van der Waals surface area contributed by atoms with Crippen LogP contribution in [0.3, 0.4) is 0 Å². The van der Waals surface area contributed by atoms with Gasteiger partial charge in [0.15, 0.2) is 17.5 Å². The predicted octanol–water partition coefficient (Wildman–Crippen LogP) is 4.91. The summed E-state index contributed by atoms with van der Waals surface area (Å²) in [6, 6.07) is 15.1. The fourth-order valence-corrected chi connectivity index (χ4v) is 9.53. The van der Waals surface area contributed by atoms with Crippen molar-refractivity contribution in [3.8, 4) is 0 Å². The van der Waals surface area contributed by atoms with E-state index >= 15 is 4.79 Å². The molecule has 4 N–H and O–H groups in total. The summed E-state index contributed by atoms with van der Waals surface area (Å²) >= 11 is 0. The van der Waals surface area contributed by atoms with Gasteiger partial charge in [-0.05, 0) is 56.5 Å². The first-order valence-electron chi connectivity index (χ1n) is 20.3. The number of carbonyl (C=O) groups is 5. The van der Waals surface area contributed by atoms with Crippen molar-refractivity contribution in [3.05, 3.63) is 108 Å². The van der Waals surface area contributed by atoms with E-state index in [9.17, 15) is 34.5 Å². The third-order valence-corrected chi connectivity index (χ3v) is 12.5. The molecule has 1 aliphatic heterocycles. The minimum Gasteiger partial charge on any atom is -0.456 e. The molecule has 332 valence electrons.